The van der Waals surface area contributed by atoms with Crippen molar-refractivity contribution in [2.24, 2.45) is 5.73 Å². The van der Waals surface area contributed by atoms with E-state index >= 15 is 0 Å². The summed E-state index contributed by atoms with van der Waals surface area (Å²) in [5, 5.41) is 0. The summed E-state index contributed by atoms with van der Waals surface area (Å²) in [7, 11) is 1.57. The average Bonchev–Trinajstić information content (AvgIpc) is 2.14. The van der Waals surface area contributed by atoms with Crippen molar-refractivity contribution in [3.05, 3.63) is 29.3 Å². The third-order valence-corrected chi connectivity index (χ3v) is 2.27. The Hall–Kier alpha value is -1.35. The van der Waals surface area contributed by atoms with E-state index in [1.807, 2.05) is 32.9 Å². The number of carbonyl (C=O) groups excluding carboxylic acids is 1. The van der Waals surface area contributed by atoms with Gasteiger partial charge in [0.1, 0.15) is 5.75 Å². The fourth-order valence-corrected chi connectivity index (χ4v) is 1.54. The largest absolute Gasteiger partial charge is 0.496 e. The van der Waals surface area contributed by atoms with Gasteiger partial charge in [-0.15, -0.1) is 0 Å². The van der Waals surface area contributed by atoms with Crippen molar-refractivity contribution in [2.75, 3.05) is 7.11 Å². The van der Waals surface area contributed by atoms with Gasteiger partial charge in [0.05, 0.1) is 12.7 Å². The molecular weight excluding hydrogens is 202 g/mol. The molecule has 1 aromatic rings. The summed E-state index contributed by atoms with van der Waals surface area (Å²) in [5.74, 6) is 0.638. The number of Topliss-reactive ketones (excluding diaryl/α,β-unsaturated/α-hetero) is 1. The van der Waals surface area contributed by atoms with Crippen LogP contribution in [0.3, 0.4) is 0 Å². The number of aryl methyl sites for hydroxylation is 1. The van der Waals surface area contributed by atoms with Crippen LogP contribution < -0.4 is 10.5 Å². The van der Waals surface area contributed by atoms with Gasteiger partial charge < -0.3 is 10.5 Å². The summed E-state index contributed by atoms with van der Waals surface area (Å²) >= 11 is 0. The first-order valence-corrected chi connectivity index (χ1v) is 5.30. The van der Waals surface area contributed by atoms with Gasteiger partial charge in [-0.1, -0.05) is 6.07 Å². The maximum Gasteiger partial charge on any atom is 0.168 e. The highest BCUT2D eigenvalue weighted by Crippen LogP contribution is 2.23. The van der Waals surface area contributed by atoms with Gasteiger partial charge >= 0.3 is 0 Å². The zero-order chi connectivity index (χ0) is 12.3. The highest BCUT2D eigenvalue weighted by Gasteiger charge is 2.20. The second-order valence-corrected chi connectivity index (χ2v) is 4.79. The highest BCUT2D eigenvalue weighted by atomic mass is 16.5. The maximum absolute atomic E-state index is 12.0. The second-order valence-electron chi connectivity index (χ2n) is 4.79. The lowest BCUT2D eigenvalue weighted by atomic mass is 9.94. The molecular formula is C13H19NO2. The Bertz CT molecular complexity index is 391. The number of benzene rings is 1. The van der Waals surface area contributed by atoms with Crippen LogP contribution in [0.2, 0.25) is 0 Å². The highest BCUT2D eigenvalue weighted by molar-refractivity contribution is 5.99. The lowest BCUT2D eigenvalue weighted by Crippen LogP contribution is -2.34. The Morgan fingerprint density at radius 1 is 1.44 bits per heavy atom. The Morgan fingerprint density at radius 3 is 2.56 bits per heavy atom. The number of rotatable bonds is 4. The summed E-state index contributed by atoms with van der Waals surface area (Å²) in [6.07, 6.45) is 0.312. The number of hydrogen-bond donors (Lipinski definition) is 1. The lowest BCUT2D eigenvalue weighted by molar-refractivity contribution is 0.0957. The minimum Gasteiger partial charge on any atom is -0.496 e. The number of methoxy groups -OCH3 is 1. The number of nitrogens with two attached hydrogens (primary N) is 1. The van der Waals surface area contributed by atoms with Crippen molar-refractivity contribution in [2.45, 2.75) is 32.7 Å². The molecule has 0 atom stereocenters. The molecule has 1 rings (SSSR count). The molecule has 0 amide bonds. The van der Waals surface area contributed by atoms with Gasteiger partial charge in [0.15, 0.2) is 5.78 Å². The second kappa shape index (κ2) is 4.66. The van der Waals surface area contributed by atoms with E-state index in [1.165, 1.54) is 0 Å². The Balaban J connectivity index is 2.99. The molecule has 0 aliphatic rings. The Labute approximate surface area is 96.6 Å². The summed E-state index contributed by atoms with van der Waals surface area (Å²) in [5.41, 5.74) is 7.01. The standard InChI is InChI=1S/C13H19NO2/c1-9-5-6-10(12(7-9)16-4)11(15)8-13(2,3)14/h5-7H,8,14H2,1-4H3. The van der Waals surface area contributed by atoms with Crippen LogP contribution >= 0.6 is 0 Å². The van der Waals surface area contributed by atoms with Crippen LogP contribution in [0, 0.1) is 6.92 Å². The van der Waals surface area contributed by atoms with Crippen LogP contribution in [-0.4, -0.2) is 18.4 Å². The summed E-state index contributed by atoms with van der Waals surface area (Å²) in [4.78, 5) is 12.0. The third kappa shape index (κ3) is 3.35. The van der Waals surface area contributed by atoms with Crippen LogP contribution in [0.15, 0.2) is 18.2 Å². The molecule has 0 radical (unpaired) electrons. The predicted molar refractivity (Wildman–Crippen MR) is 64.9 cm³/mol. The fraction of sp³-hybridized carbons (Fsp3) is 0.462. The SMILES string of the molecule is COc1cc(C)ccc1C(=O)CC(C)(C)N. The molecule has 0 saturated heterocycles. The molecule has 0 aromatic heterocycles. The first-order chi connectivity index (χ1) is 7.33. The van der Waals surface area contributed by atoms with Gasteiger partial charge in [0.2, 0.25) is 0 Å². The molecule has 0 spiro atoms. The molecule has 88 valence electrons. The first kappa shape index (κ1) is 12.7. The minimum atomic E-state index is -0.493. The third-order valence-electron chi connectivity index (χ3n) is 2.27. The molecule has 1 aromatic carbocycles. The van der Waals surface area contributed by atoms with Gasteiger partial charge in [0, 0.05) is 12.0 Å². The molecule has 3 heteroatoms. The van der Waals surface area contributed by atoms with E-state index in [2.05, 4.69) is 0 Å². The number of carbonyl (C=O) groups is 1. The summed E-state index contributed by atoms with van der Waals surface area (Å²) in [6.45, 7) is 5.64. The maximum atomic E-state index is 12.0. The molecule has 0 fully saturated rings. The first-order valence-electron chi connectivity index (χ1n) is 5.30. The zero-order valence-corrected chi connectivity index (χ0v) is 10.3. The Morgan fingerprint density at radius 2 is 2.06 bits per heavy atom. The molecule has 0 saturated carbocycles. The zero-order valence-electron chi connectivity index (χ0n) is 10.3. The molecule has 16 heavy (non-hydrogen) atoms. The predicted octanol–water partition coefficient (Wildman–Crippen LogP) is 2.31. The van der Waals surface area contributed by atoms with Crippen molar-refractivity contribution in [3.63, 3.8) is 0 Å². The van der Waals surface area contributed by atoms with Crippen LogP contribution in [-0.2, 0) is 0 Å². The quantitative estimate of drug-likeness (QED) is 0.794. The number of hydrogen-bond acceptors (Lipinski definition) is 3. The van der Waals surface area contributed by atoms with E-state index in [1.54, 1.807) is 13.2 Å². The molecule has 0 aliphatic heterocycles. The van der Waals surface area contributed by atoms with Gasteiger partial charge in [0.25, 0.3) is 0 Å². The van der Waals surface area contributed by atoms with Crippen molar-refractivity contribution in [3.8, 4) is 5.75 Å². The van der Waals surface area contributed by atoms with Crippen LogP contribution in [0.1, 0.15) is 36.2 Å². The molecule has 3 nitrogen and oxygen atoms in total. The topological polar surface area (TPSA) is 52.3 Å². The van der Waals surface area contributed by atoms with Crippen molar-refractivity contribution in [1.82, 2.24) is 0 Å². The van der Waals surface area contributed by atoms with Gasteiger partial charge in [-0.3, -0.25) is 4.79 Å². The summed E-state index contributed by atoms with van der Waals surface area (Å²) < 4.78 is 5.20. The Kier molecular flexibility index (Phi) is 3.70. The summed E-state index contributed by atoms with van der Waals surface area (Å²) in [6, 6.07) is 5.55. The monoisotopic (exact) mass is 221 g/mol. The average molecular weight is 221 g/mol. The van der Waals surface area contributed by atoms with Gasteiger partial charge in [-0.05, 0) is 38.5 Å². The van der Waals surface area contributed by atoms with E-state index in [4.69, 9.17) is 10.5 Å². The van der Waals surface area contributed by atoms with Crippen LogP contribution in [0.4, 0.5) is 0 Å². The molecule has 0 unspecified atom stereocenters. The molecule has 0 heterocycles. The van der Waals surface area contributed by atoms with E-state index in [9.17, 15) is 4.79 Å². The van der Waals surface area contributed by atoms with Crippen molar-refractivity contribution < 1.29 is 9.53 Å². The van der Waals surface area contributed by atoms with Crippen LogP contribution in [0.5, 0.6) is 5.75 Å². The van der Waals surface area contributed by atoms with Crippen molar-refractivity contribution in [1.29, 1.82) is 0 Å². The van der Waals surface area contributed by atoms with Gasteiger partial charge in [-0.2, -0.15) is 0 Å². The molecule has 2 N–H and O–H groups in total. The van der Waals surface area contributed by atoms with Crippen molar-refractivity contribution >= 4 is 5.78 Å². The van der Waals surface area contributed by atoms with Gasteiger partial charge in [-0.25, -0.2) is 0 Å². The fourth-order valence-electron chi connectivity index (χ4n) is 1.54. The number of ketones is 1. The lowest BCUT2D eigenvalue weighted by Gasteiger charge is -2.18. The molecule has 0 bridgehead atoms. The minimum absolute atomic E-state index is 0.0179. The molecule has 0 aliphatic carbocycles. The van der Waals surface area contributed by atoms with E-state index in [0.717, 1.165) is 5.56 Å². The van der Waals surface area contributed by atoms with E-state index in [0.29, 0.717) is 17.7 Å². The number of ether oxygens (including phenoxy) is 1. The smallest absolute Gasteiger partial charge is 0.168 e. The van der Waals surface area contributed by atoms with E-state index in [-0.39, 0.29) is 5.78 Å². The van der Waals surface area contributed by atoms with Crippen LogP contribution in [0.25, 0.3) is 0 Å². The van der Waals surface area contributed by atoms with E-state index < -0.39 is 5.54 Å². The normalized spacial score (nSPS) is 11.3.